The van der Waals surface area contributed by atoms with Gasteiger partial charge in [0.2, 0.25) is 5.91 Å². The zero-order valence-corrected chi connectivity index (χ0v) is 27.8. The van der Waals surface area contributed by atoms with Gasteiger partial charge in [-0.2, -0.15) is 11.8 Å². The zero-order chi connectivity index (χ0) is 33.1. The second kappa shape index (κ2) is 14.1. The van der Waals surface area contributed by atoms with Crippen molar-refractivity contribution in [3.05, 3.63) is 59.2 Å². The van der Waals surface area contributed by atoms with Crippen LogP contribution in [0.25, 0.3) is 0 Å². The smallest absolute Gasteiger partial charge is 0.270 e. The highest BCUT2D eigenvalue weighted by Crippen LogP contribution is 2.38. The third-order valence-electron chi connectivity index (χ3n) is 8.78. The minimum absolute atomic E-state index is 0.0103. The number of hydrogen-bond donors (Lipinski definition) is 1. The number of aliphatic imine (C=N–C) groups is 1. The number of ether oxygens (including phenoxy) is 2. The Kier molecular flexibility index (Phi) is 9.71. The molecular weight excluding hydrogens is 620 g/mol. The predicted octanol–water partition coefficient (Wildman–Crippen LogP) is 4.10. The van der Waals surface area contributed by atoms with E-state index in [2.05, 4.69) is 10.3 Å². The van der Waals surface area contributed by atoms with Gasteiger partial charge in [-0.1, -0.05) is 0 Å². The summed E-state index contributed by atoms with van der Waals surface area (Å²) in [6, 6.07) is 6.88. The fourth-order valence-corrected chi connectivity index (χ4v) is 7.22. The van der Waals surface area contributed by atoms with E-state index in [0.717, 1.165) is 43.0 Å². The Hall–Kier alpha value is -4.52. The van der Waals surface area contributed by atoms with Gasteiger partial charge >= 0.3 is 0 Å². The monoisotopic (exact) mass is 660 g/mol. The maximum absolute atomic E-state index is 13.2. The van der Waals surface area contributed by atoms with Crippen molar-refractivity contribution in [1.29, 1.82) is 0 Å². The third-order valence-corrected chi connectivity index (χ3v) is 9.72. The Morgan fingerprint density at radius 2 is 1.79 bits per heavy atom. The number of ketones is 1. The molecule has 6 rings (SSSR count). The summed E-state index contributed by atoms with van der Waals surface area (Å²) in [4.78, 5) is 60.3. The molecule has 1 atom stereocenters. The number of amides is 3. The van der Waals surface area contributed by atoms with Crippen molar-refractivity contribution in [2.75, 3.05) is 50.2 Å². The number of aromatic nitrogens is 2. The average molecular weight is 661 g/mol. The highest BCUT2D eigenvalue weighted by molar-refractivity contribution is 7.99. The van der Waals surface area contributed by atoms with Crippen LogP contribution < -0.4 is 14.8 Å². The number of nitrogens with zero attached hydrogens (tertiary/aromatic N) is 5. The van der Waals surface area contributed by atoms with Crippen LogP contribution in [0, 0.1) is 0 Å². The number of hydrogen-bond acceptors (Lipinski definition) is 8. The van der Waals surface area contributed by atoms with Gasteiger partial charge in [0, 0.05) is 82.8 Å². The molecule has 13 heteroatoms. The van der Waals surface area contributed by atoms with Gasteiger partial charge in [-0.05, 0) is 43.0 Å². The van der Waals surface area contributed by atoms with E-state index in [0.29, 0.717) is 52.8 Å². The van der Waals surface area contributed by atoms with Crippen LogP contribution in [0.1, 0.15) is 62.6 Å². The van der Waals surface area contributed by atoms with Crippen LogP contribution in [0.5, 0.6) is 11.5 Å². The van der Waals surface area contributed by atoms with Gasteiger partial charge in [-0.25, -0.2) is 0 Å². The molecule has 3 aromatic rings. The van der Waals surface area contributed by atoms with Crippen molar-refractivity contribution in [2.45, 2.75) is 38.1 Å². The van der Waals surface area contributed by atoms with Crippen molar-refractivity contribution in [3.8, 4) is 11.5 Å². The number of carbonyl (C=O) groups excluding carboxylic acids is 4. The molecule has 47 heavy (non-hydrogen) atoms. The van der Waals surface area contributed by atoms with Crippen molar-refractivity contribution in [2.24, 2.45) is 19.1 Å². The van der Waals surface area contributed by atoms with E-state index in [1.54, 1.807) is 46.6 Å². The van der Waals surface area contributed by atoms with Gasteiger partial charge in [-0.3, -0.25) is 24.2 Å². The highest BCUT2D eigenvalue weighted by Gasteiger charge is 2.32. The first kappa shape index (κ1) is 32.4. The minimum atomic E-state index is -0.204. The summed E-state index contributed by atoms with van der Waals surface area (Å²) in [6.45, 7) is 2.44. The number of methoxy groups -OCH3 is 1. The summed E-state index contributed by atoms with van der Waals surface area (Å²) in [5.41, 5.74) is 3.38. The fourth-order valence-electron chi connectivity index (χ4n) is 6.32. The van der Waals surface area contributed by atoms with Crippen LogP contribution in [0.2, 0.25) is 0 Å². The number of anilines is 1. The molecule has 248 valence electrons. The number of benzene rings is 1. The molecule has 0 radical (unpaired) electrons. The van der Waals surface area contributed by atoms with Gasteiger partial charge in [0.1, 0.15) is 5.69 Å². The molecule has 3 aliphatic rings. The maximum Gasteiger partial charge on any atom is 0.270 e. The number of aryl methyl sites for hydroxylation is 2. The van der Waals surface area contributed by atoms with Crippen molar-refractivity contribution in [1.82, 2.24) is 18.9 Å². The third kappa shape index (κ3) is 7.09. The number of Topliss-reactive ketones (excluding diaryl/α,β-unsaturated/α-hetero) is 1. The standard InChI is InChI=1S/C34H40N6O6S/c1-37-20-22(14-28(37)34(44)39-9-12-47-13-10-39)15-29(41)27-16-23(21-38(27)2)36-32(42)7-5-11-46-31-18-26-25(17-30(31)45-3)33(43)40-8-4-6-24(40)19-35-26/h14,16-21,24H,4-13,15H2,1-3H3,(H,36,42)/t24-/m0/s1. The molecule has 0 aliphatic carbocycles. The summed E-state index contributed by atoms with van der Waals surface area (Å²) in [5, 5.41) is 2.87. The normalized spacial score (nSPS) is 17.3. The first-order chi connectivity index (χ1) is 22.7. The van der Waals surface area contributed by atoms with Crippen molar-refractivity contribution in [3.63, 3.8) is 0 Å². The van der Waals surface area contributed by atoms with Crippen molar-refractivity contribution < 1.29 is 28.7 Å². The Labute approximate surface area is 278 Å². The molecule has 3 amide bonds. The van der Waals surface area contributed by atoms with Gasteiger partial charge in [0.25, 0.3) is 11.8 Å². The summed E-state index contributed by atoms with van der Waals surface area (Å²) < 4.78 is 14.9. The number of thioether (sulfide) groups is 1. The lowest BCUT2D eigenvalue weighted by atomic mass is 10.1. The molecule has 2 fully saturated rings. The van der Waals surface area contributed by atoms with E-state index < -0.39 is 0 Å². The van der Waals surface area contributed by atoms with E-state index >= 15 is 0 Å². The lowest BCUT2D eigenvalue weighted by Gasteiger charge is -2.26. The number of carbonyl (C=O) groups is 4. The zero-order valence-electron chi connectivity index (χ0n) is 27.0. The van der Waals surface area contributed by atoms with E-state index in [-0.39, 0.29) is 49.0 Å². The van der Waals surface area contributed by atoms with E-state index in [9.17, 15) is 19.2 Å². The number of fused-ring (bicyclic) bond motifs is 2. The van der Waals surface area contributed by atoms with Crippen LogP contribution in [-0.2, 0) is 25.3 Å². The molecule has 12 nitrogen and oxygen atoms in total. The Morgan fingerprint density at radius 3 is 2.57 bits per heavy atom. The lowest BCUT2D eigenvalue weighted by molar-refractivity contribution is -0.116. The fraction of sp³-hybridized carbons (Fsp3) is 0.441. The Morgan fingerprint density at radius 1 is 1.00 bits per heavy atom. The van der Waals surface area contributed by atoms with E-state index in [1.165, 1.54) is 7.11 Å². The van der Waals surface area contributed by atoms with E-state index in [1.807, 2.05) is 41.0 Å². The van der Waals surface area contributed by atoms with Crippen LogP contribution in [0.4, 0.5) is 11.4 Å². The average Bonchev–Trinajstić information content (AvgIpc) is 3.77. The minimum Gasteiger partial charge on any atom is -0.493 e. The first-order valence-electron chi connectivity index (χ1n) is 15.9. The molecule has 2 saturated heterocycles. The van der Waals surface area contributed by atoms with E-state index in [4.69, 9.17) is 9.47 Å². The van der Waals surface area contributed by atoms with Crippen molar-refractivity contribution >= 4 is 52.9 Å². The summed E-state index contributed by atoms with van der Waals surface area (Å²) in [7, 11) is 5.11. The molecule has 1 aromatic carbocycles. The molecular formula is C34H40N6O6S. The quantitative estimate of drug-likeness (QED) is 0.242. The SMILES string of the molecule is COc1cc2c(cc1OCCCC(=O)Nc1cc(C(=O)Cc3cc(C(=O)N4CCSCC4)n(C)c3)n(C)c1)N=C[C@@H]1CCCN1C2=O. The van der Waals surface area contributed by atoms with Gasteiger partial charge in [0.05, 0.1) is 42.4 Å². The van der Waals surface area contributed by atoms with Crippen LogP contribution in [0.15, 0.2) is 41.7 Å². The second-order valence-electron chi connectivity index (χ2n) is 12.1. The van der Waals surface area contributed by atoms with Crippen LogP contribution in [0.3, 0.4) is 0 Å². The Balaban J connectivity index is 1.00. The molecule has 2 aromatic heterocycles. The Bertz CT molecular complexity index is 1720. The largest absolute Gasteiger partial charge is 0.493 e. The summed E-state index contributed by atoms with van der Waals surface area (Å²) >= 11 is 1.85. The summed E-state index contributed by atoms with van der Waals surface area (Å²) in [5.74, 6) is 2.40. The molecule has 0 bridgehead atoms. The number of rotatable bonds is 11. The topological polar surface area (TPSA) is 127 Å². The summed E-state index contributed by atoms with van der Waals surface area (Å²) in [6.07, 6.45) is 8.02. The molecule has 3 aliphatic heterocycles. The molecule has 0 saturated carbocycles. The predicted molar refractivity (Wildman–Crippen MR) is 181 cm³/mol. The molecule has 1 N–H and O–H groups in total. The van der Waals surface area contributed by atoms with Crippen LogP contribution in [-0.4, -0.2) is 99.6 Å². The number of nitrogens with one attached hydrogen (secondary N) is 1. The second-order valence-corrected chi connectivity index (χ2v) is 13.3. The van der Waals surface area contributed by atoms with Gasteiger partial charge in [0.15, 0.2) is 17.3 Å². The van der Waals surface area contributed by atoms with Gasteiger partial charge in [-0.15, -0.1) is 0 Å². The molecule has 0 spiro atoms. The molecule has 5 heterocycles. The first-order valence-corrected chi connectivity index (χ1v) is 17.1. The van der Waals surface area contributed by atoms with Gasteiger partial charge < -0.3 is 33.7 Å². The van der Waals surface area contributed by atoms with Crippen LogP contribution >= 0.6 is 11.8 Å². The maximum atomic E-state index is 13.2. The lowest BCUT2D eigenvalue weighted by Crippen LogP contribution is -2.38. The highest BCUT2D eigenvalue weighted by atomic mass is 32.2. The molecule has 0 unspecified atom stereocenters.